The molecule has 6 rings (SSSR count). The van der Waals surface area contributed by atoms with Crippen LogP contribution in [0.25, 0.3) is 0 Å². The van der Waals surface area contributed by atoms with Crippen molar-refractivity contribution in [2.75, 3.05) is 4.90 Å². The van der Waals surface area contributed by atoms with E-state index in [4.69, 9.17) is 0 Å². The Labute approximate surface area is 150 Å². The predicted molar refractivity (Wildman–Crippen MR) is 97.9 cm³/mol. The number of hydrogen-bond acceptors (Lipinski definition) is 1. The average molecular weight is 341 g/mol. The Kier molecular flexibility index (Phi) is 2.64. The van der Waals surface area contributed by atoms with Crippen molar-refractivity contribution in [1.82, 2.24) is 0 Å². The van der Waals surface area contributed by atoms with Crippen LogP contribution in [-0.2, 0) is 6.42 Å². The molecule has 3 atom stereocenters. The van der Waals surface area contributed by atoms with Crippen molar-refractivity contribution in [3.8, 4) is 0 Å². The lowest BCUT2D eigenvalue weighted by Crippen LogP contribution is -2.39. The fourth-order valence-electron chi connectivity index (χ4n) is 5.34. The van der Waals surface area contributed by atoms with Gasteiger partial charge in [-0.25, -0.2) is 4.39 Å². The summed E-state index contributed by atoms with van der Waals surface area (Å²) in [5.74, 6) is 0.175. The molecule has 3 aliphatic rings. The van der Waals surface area contributed by atoms with E-state index in [0.717, 1.165) is 28.8 Å². The molecule has 2 heterocycles. The third kappa shape index (κ3) is 1.63. The van der Waals surface area contributed by atoms with Crippen LogP contribution in [0.5, 0.6) is 0 Å². The second kappa shape index (κ2) is 4.82. The first kappa shape index (κ1) is 14.3. The molecule has 3 aromatic carbocycles. The van der Waals surface area contributed by atoms with E-state index in [9.17, 15) is 9.18 Å². The standard InChI is InChI=1S/C23H16FNO/c24-14-9-10-20-18(12-14)21-15-6-2-1-5-13(15)11-19(21)22-16-7-3-4-8-17(16)23(26)25(20)22/h1-10,12,19,21-22H,11H2/t19-,21-,22+/m0/s1. The number of anilines is 1. The average Bonchev–Trinajstić information content (AvgIpc) is 3.19. The van der Waals surface area contributed by atoms with E-state index in [1.165, 1.54) is 17.2 Å². The van der Waals surface area contributed by atoms with Crippen LogP contribution >= 0.6 is 0 Å². The van der Waals surface area contributed by atoms with Gasteiger partial charge in [0.25, 0.3) is 5.91 Å². The fraction of sp³-hybridized carbons (Fsp3) is 0.174. The summed E-state index contributed by atoms with van der Waals surface area (Å²) in [6.07, 6.45) is 0.916. The molecule has 3 heteroatoms. The Morgan fingerprint density at radius 1 is 0.885 bits per heavy atom. The molecule has 1 amide bonds. The number of fused-ring (bicyclic) bond motifs is 10. The van der Waals surface area contributed by atoms with E-state index in [-0.39, 0.29) is 29.6 Å². The first-order valence-corrected chi connectivity index (χ1v) is 9.04. The molecule has 0 fully saturated rings. The highest BCUT2D eigenvalue weighted by atomic mass is 19.1. The number of carbonyl (C=O) groups excluding carboxylic acids is 1. The zero-order chi connectivity index (χ0) is 17.4. The molecule has 26 heavy (non-hydrogen) atoms. The van der Waals surface area contributed by atoms with Crippen LogP contribution in [0.2, 0.25) is 0 Å². The summed E-state index contributed by atoms with van der Waals surface area (Å²) in [7, 11) is 0. The van der Waals surface area contributed by atoms with Gasteiger partial charge in [-0.05, 0) is 58.9 Å². The lowest BCUT2D eigenvalue weighted by molar-refractivity contribution is 0.0981. The Morgan fingerprint density at radius 3 is 2.54 bits per heavy atom. The zero-order valence-electron chi connectivity index (χ0n) is 14.0. The van der Waals surface area contributed by atoms with E-state index in [0.29, 0.717) is 0 Å². The van der Waals surface area contributed by atoms with Crippen molar-refractivity contribution in [3.63, 3.8) is 0 Å². The number of carbonyl (C=O) groups is 1. The SMILES string of the molecule is O=C1c2ccccc2[C@@H]2[C@H]3Cc4ccccc4[C@H]3c3cc(F)ccc3N12. The van der Waals surface area contributed by atoms with Crippen LogP contribution in [0.3, 0.4) is 0 Å². The molecule has 0 saturated carbocycles. The quantitative estimate of drug-likeness (QED) is 0.573. The van der Waals surface area contributed by atoms with Crippen LogP contribution in [0.4, 0.5) is 10.1 Å². The minimum Gasteiger partial charge on any atom is -0.300 e. The summed E-state index contributed by atoms with van der Waals surface area (Å²) < 4.78 is 14.1. The van der Waals surface area contributed by atoms with Crippen molar-refractivity contribution in [2.45, 2.75) is 18.4 Å². The Bertz CT molecular complexity index is 1090. The Hall–Kier alpha value is -2.94. The van der Waals surface area contributed by atoms with Crippen molar-refractivity contribution in [3.05, 3.63) is 100 Å². The van der Waals surface area contributed by atoms with Gasteiger partial charge in [0.1, 0.15) is 5.82 Å². The van der Waals surface area contributed by atoms with Gasteiger partial charge in [-0.1, -0.05) is 42.5 Å². The summed E-state index contributed by atoms with van der Waals surface area (Å²) in [5.41, 5.74) is 6.28. The summed E-state index contributed by atoms with van der Waals surface area (Å²) >= 11 is 0. The molecule has 126 valence electrons. The second-order valence-corrected chi connectivity index (χ2v) is 7.45. The highest BCUT2D eigenvalue weighted by Gasteiger charge is 2.52. The minimum atomic E-state index is -0.241. The number of hydrogen-bond donors (Lipinski definition) is 0. The number of amides is 1. The summed E-state index contributed by atoms with van der Waals surface area (Å²) in [6.45, 7) is 0. The van der Waals surface area contributed by atoms with Crippen LogP contribution < -0.4 is 4.90 Å². The van der Waals surface area contributed by atoms with Crippen molar-refractivity contribution in [1.29, 1.82) is 0 Å². The second-order valence-electron chi connectivity index (χ2n) is 7.45. The summed E-state index contributed by atoms with van der Waals surface area (Å²) in [5, 5.41) is 0. The topological polar surface area (TPSA) is 20.3 Å². The maximum Gasteiger partial charge on any atom is 0.259 e. The molecule has 0 aromatic heterocycles. The number of rotatable bonds is 0. The number of benzene rings is 3. The first-order chi connectivity index (χ1) is 12.7. The molecule has 1 aliphatic carbocycles. The summed E-state index contributed by atoms with van der Waals surface area (Å²) in [4.78, 5) is 15.1. The van der Waals surface area contributed by atoms with Gasteiger partial charge in [-0.3, -0.25) is 4.79 Å². The Morgan fingerprint density at radius 2 is 1.65 bits per heavy atom. The minimum absolute atomic E-state index is 0.0223. The molecule has 0 spiro atoms. The van der Waals surface area contributed by atoms with Crippen LogP contribution in [0.1, 0.15) is 44.6 Å². The molecular formula is C23H16FNO. The maximum absolute atomic E-state index is 14.1. The van der Waals surface area contributed by atoms with Gasteiger partial charge >= 0.3 is 0 Å². The van der Waals surface area contributed by atoms with Gasteiger partial charge in [-0.15, -0.1) is 0 Å². The smallest absolute Gasteiger partial charge is 0.259 e. The first-order valence-electron chi connectivity index (χ1n) is 9.04. The van der Waals surface area contributed by atoms with Crippen molar-refractivity contribution < 1.29 is 9.18 Å². The fourth-order valence-corrected chi connectivity index (χ4v) is 5.34. The van der Waals surface area contributed by atoms with Gasteiger partial charge in [0.05, 0.1) is 6.04 Å². The van der Waals surface area contributed by atoms with Crippen molar-refractivity contribution in [2.24, 2.45) is 5.92 Å². The number of nitrogens with zero attached hydrogens (tertiary/aromatic N) is 1. The highest BCUT2D eigenvalue weighted by Crippen LogP contribution is 2.58. The normalized spacial score (nSPS) is 24.6. The van der Waals surface area contributed by atoms with Crippen LogP contribution in [-0.4, -0.2) is 5.91 Å². The van der Waals surface area contributed by atoms with Gasteiger partial charge in [-0.2, -0.15) is 0 Å². The Balaban J connectivity index is 1.66. The third-order valence-corrected chi connectivity index (χ3v) is 6.27. The molecule has 0 radical (unpaired) electrons. The van der Waals surface area contributed by atoms with Gasteiger partial charge in [0.15, 0.2) is 0 Å². The van der Waals surface area contributed by atoms with E-state index in [1.807, 2.05) is 23.1 Å². The molecule has 0 unspecified atom stereocenters. The number of halogens is 1. The van der Waals surface area contributed by atoms with E-state index >= 15 is 0 Å². The highest BCUT2D eigenvalue weighted by molar-refractivity contribution is 6.12. The van der Waals surface area contributed by atoms with Gasteiger partial charge < -0.3 is 4.90 Å². The zero-order valence-corrected chi connectivity index (χ0v) is 14.0. The lowest BCUT2D eigenvalue weighted by atomic mass is 9.75. The van der Waals surface area contributed by atoms with E-state index < -0.39 is 0 Å². The summed E-state index contributed by atoms with van der Waals surface area (Å²) in [6, 6.07) is 21.3. The monoisotopic (exact) mass is 341 g/mol. The molecule has 3 aromatic rings. The predicted octanol–water partition coefficient (Wildman–Crippen LogP) is 4.85. The van der Waals surface area contributed by atoms with Crippen LogP contribution in [0, 0.1) is 11.7 Å². The van der Waals surface area contributed by atoms with E-state index in [1.54, 1.807) is 12.1 Å². The third-order valence-electron chi connectivity index (χ3n) is 6.27. The lowest BCUT2D eigenvalue weighted by Gasteiger charge is -2.41. The van der Waals surface area contributed by atoms with Crippen molar-refractivity contribution >= 4 is 11.6 Å². The maximum atomic E-state index is 14.1. The molecule has 0 N–H and O–H groups in total. The van der Waals surface area contributed by atoms with E-state index in [2.05, 4.69) is 30.3 Å². The van der Waals surface area contributed by atoms with Gasteiger partial charge in [0, 0.05) is 17.2 Å². The molecule has 2 aliphatic heterocycles. The molecule has 2 nitrogen and oxygen atoms in total. The molecule has 0 saturated heterocycles. The largest absolute Gasteiger partial charge is 0.300 e. The van der Waals surface area contributed by atoms with Crippen LogP contribution in [0.15, 0.2) is 66.7 Å². The molecule has 0 bridgehead atoms. The van der Waals surface area contributed by atoms with Gasteiger partial charge in [0.2, 0.25) is 0 Å². The molecular weight excluding hydrogens is 325 g/mol.